The molecule has 2 aliphatic carbocycles. The highest BCUT2D eigenvalue weighted by atomic mass is 15.1. The Morgan fingerprint density at radius 3 is 2.03 bits per heavy atom. The molecule has 8 aromatic carbocycles. The molecule has 0 amide bonds. The van der Waals surface area contributed by atoms with Gasteiger partial charge < -0.3 is 9.47 Å². The molecule has 0 saturated carbocycles. The second-order valence-electron chi connectivity index (χ2n) is 16.6. The predicted octanol–water partition coefficient (Wildman–Crippen LogP) is 15.2. The first-order valence-electron chi connectivity index (χ1n) is 20.6. The molecule has 2 heteroatoms. The molecule has 278 valence electrons. The lowest BCUT2D eigenvalue weighted by molar-refractivity contribution is 0.635. The van der Waals surface area contributed by atoms with E-state index in [1.807, 2.05) is 0 Å². The van der Waals surface area contributed by atoms with E-state index in [1.54, 1.807) is 0 Å². The predicted molar refractivity (Wildman–Crippen MR) is 246 cm³/mol. The summed E-state index contributed by atoms with van der Waals surface area (Å²) in [4.78, 5) is 2.50. The van der Waals surface area contributed by atoms with Gasteiger partial charge in [0.25, 0.3) is 0 Å². The van der Waals surface area contributed by atoms with Crippen molar-refractivity contribution in [3.8, 4) is 27.9 Å². The summed E-state index contributed by atoms with van der Waals surface area (Å²) in [6, 6.07) is 65.4. The SMILES string of the molecule is CC1C=CC=CC1c1cccc(N(c2ccc3c(c2)C(C)(C)c2ccccc2-3)c2ccc(-c3ccc4c(c3)c3ccccc3n4-c3ccccc3)c3ccccc23)c1. The fourth-order valence-electron chi connectivity index (χ4n) is 9.99. The Kier molecular flexibility index (Phi) is 7.91. The third kappa shape index (κ3) is 5.32. The molecule has 0 aliphatic heterocycles. The van der Waals surface area contributed by atoms with Gasteiger partial charge in [-0.1, -0.05) is 160 Å². The van der Waals surface area contributed by atoms with Crippen molar-refractivity contribution in [1.29, 1.82) is 0 Å². The summed E-state index contributed by atoms with van der Waals surface area (Å²) in [5.41, 5.74) is 16.2. The zero-order valence-corrected chi connectivity index (χ0v) is 33.1. The van der Waals surface area contributed by atoms with Crippen molar-refractivity contribution in [2.45, 2.75) is 32.1 Å². The van der Waals surface area contributed by atoms with Crippen LogP contribution in [-0.4, -0.2) is 4.57 Å². The highest BCUT2D eigenvalue weighted by molar-refractivity contribution is 6.12. The lowest BCUT2D eigenvalue weighted by atomic mass is 9.82. The monoisotopic (exact) mass is 744 g/mol. The van der Waals surface area contributed by atoms with Crippen LogP contribution in [0.3, 0.4) is 0 Å². The van der Waals surface area contributed by atoms with Crippen LogP contribution in [0.1, 0.15) is 43.4 Å². The molecule has 0 fully saturated rings. The summed E-state index contributed by atoms with van der Waals surface area (Å²) in [6.45, 7) is 7.06. The first-order valence-corrected chi connectivity index (χ1v) is 20.6. The quantitative estimate of drug-likeness (QED) is 0.165. The Morgan fingerprint density at radius 1 is 0.483 bits per heavy atom. The maximum absolute atomic E-state index is 2.50. The van der Waals surface area contributed by atoms with Gasteiger partial charge in [0.05, 0.1) is 16.7 Å². The van der Waals surface area contributed by atoms with Crippen molar-refractivity contribution in [2.24, 2.45) is 5.92 Å². The second kappa shape index (κ2) is 13.4. The molecule has 0 bridgehead atoms. The third-order valence-corrected chi connectivity index (χ3v) is 12.9. The van der Waals surface area contributed by atoms with Gasteiger partial charge in [0.2, 0.25) is 0 Å². The van der Waals surface area contributed by atoms with Crippen LogP contribution in [0.4, 0.5) is 17.1 Å². The molecule has 0 radical (unpaired) electrons. The van der Waals surface area contributed by atoms with Crippen LogP contribution >= 0.6 is 0 Å². The topological polar surface area (TPSA) is 8.17 Å². The van der Waals surface area contributed by atoms with Crippen LogP contribution in [0.15, 0.2) is 200 Å². The van der Waals surface area contributed by atoms with Crippen molar-refractivity contribution >= 4 is 49.6 Å². The highest BCUT2D eigenvalue weighted by Gasteiger charge is 2.36. The van der Waals surface area contributed by atoms with Crippen molar-refractivity contribution in [3.05, 3.63) is 217 Å². The number of allylic oxidation sites excluding steroid dienone is 4. The largest absolute Gasteiger partial charge is 0.310 e. The van der Waals surface area contributed by atoms with Gasteiger partial charge in [0.15, 0.2) is 0 Å². The first kappa shape index (κ1) is 34.4. The summed E-state index contributed by atoms with van der Waals surface area (Å²) in [5.74, 6) is 0.745. The molecule has 58 heavy (non-hydrogen) atoms. The zero-order valence-electron chi connectivity index (χ0n) is 33.1. The Labute approximate surface area is 340 Å². The molecular formula is C56H44N2. The van der Waals surface area contributed by atoms with Gasteiger partial charge in [-0.15, -0.1) is 0 Å². The number of fused-ring (bicyclic) bond motifs is 7. The molecule has 1 heterocycles. The van der Waals surface area contributed by atoms with Crippen LogP contribution in [-0.2, 0) is 5.41 Å². The number of benzene rings is 8. The van der Waals surface area contributed by atoms with Gasteiger partial charge in [0, 0.05) is 44.6 Å². The standard InChI is InChI=1S/C56H44N2/c1-37-16-7-8-21-43(37)38-17-15-20-41(34-38)57(42-29-30-47-46-23-11-13-26-51(46)56(2,3)52(47)36-42)54-33-31-44(45-22-9-10-24-48(45)54)39-28-32-55-50(35-39)49-25-12-14-27-53(49)58(55)40-18-5-4-6-19-40/h4-37,43H,1-3H3. The first-order chi connectivity index (χ1) is 28.5. The third-order valence-electron chi connectivity index (χ3n) is 12.9. The Bertz CT molecular complexity index is 3120. The van der Waals surface area contributed by atoms with E-state index in [4.69, 9.17) is 0 Å². The van der Waals surface area contributed by atoms with E-state index in [9.17, 15) is 0 Å². The summed E-state index contributed by atoms with van der Waals surface area (Å²) in [5, 5.41) is 4.96. The maximum Gasteiger partial charge on any atom is 0.0541 e. The summed E-state index contributed by atoms with van der Waals surface area (Å²) in [7, 11) is 0. The van der Waals surface area contributed by atoms with Gasteiger partial charge in [-0.3, -0.25) is 0 Å². The fourth-order valence-corrected chi connectivity index (χ4v) is 9.99. The number of rotatable bonds is 6. The Balaban J connectivity index is 1.10. The van der Waals surface area contributed by atoms with Crippen molar-refractivity contribution in [1.82, 2.24) is 4.57 Å². The van der Waals surface area contributed by atoms with E-state index in [-0.39, 0.29) is 5.41 Å². The van der Waals surface area contributed by atoms with E-state index in [2.05, 4.69) is 230 Å². The number of hydrogen-bond acceptors (Lipinski definition) is 1. The molecule has 2 nitrogen and oxygen atoms in total. The summed E-state index contributed by atoms with van der Waals surface area (Å²) < 4.78 is 2.39. The van der Waals surface area contributed by atoms with E-state index in [0.29, 0.717) is 11.8 Å². The average Bonchev–Trinajstić information content (AvgIpc) is 3.72. The van der Waals surface area contributed by atoms with Crippen molar-refractivity contribution in [3.63, 3.8) is 0 Å². The number of anilines is 3. The number of aromatic nitrogens is 1. The maximum atomic E-state index is 2.50. The van der Waals surface area contributed by atoms with Crippen LogP contribution in [0, 0.1) is 5.92 Å². The van der Waals surface area contributed by atoms with Crippen molar-refractivity contribution < 1.29 is 0 Å². The molecule has 0 spiro atoms. The molecule has 2 unspecified atom stereocenters. The molecular weight excluding hydrogens is 701 g/mol. The highest BCUT2D eigenvalue weighted by Crippen LogP contribution is 2.51. The summed E-state index contributed by atoms with van der Waals surface area (Å²) in [6.07, 6.45) is 9.03. The minimum absolute atomic E-state index is 0.113. The molecule has 1 aromatic heterocycles. The molecule has 0 N–H and O–H groups in total. The van der Waals surface area contributed by atoms with Crippen molar-refractivity contribution in [2.75, 3.05) is 4.90 Å². The van der Waals surface area contributed by atoms with Gasteiger partial charge in [-0.05, 0) is 111 Å². The van der Waals surface area contributed by atoms with Crippen LogP contribution in [0.2, 0.25) is 0 Å². The Morgan fingerprint density at radius 2 is 1.17 bits per heavy atom. The van der Waals surface area contributed by atoms with Crippen LogP contribution in [0.5, 0.6) is 0 Å². The zero-order chi connectivity index (χ0) is 39.0. The van der Waals surface area contributed by atoms with Gasteiger partial charge in [-0.25, -0.2) is 0 Å². The van der Waals surface area contributed by atoms with E-state index < -0.39 is 0 Å². The van der Waals surface area contributed by atoms with E-state index in [1.165, 1.54) is 82.9 Å². The van der Waals surface area contributed by atoms with E-state index in [0.717, 1.165) is 11.4 Å². The normalized spacial score (nSPS) is 16.5. The van der Waals surface area contributed by atoms with Crippen LogP contribution < -0.4 is 4.90 Å². The molecule has 9 aromatic rings. The number of hydrogen-bond donors (Lipinski definition) is 0. The molecule has 0 saturated heterocycles. The van der Waals surface area contributed by atoms with E-state index >= 15 is 0 Å². The minimum atomic E-state index is -0.113. The lowest BCUT2D eigenvalue weighted by Crippen LogP contribution is -2.17. The lowest BCUT2D eigenvalue weighted by Gasteiger charge is -2.30. The van der Waals surface area contributed by atoms with Gasteiger partial charge in [0.1, 0.15) is 0 Å². The smallest absolute Gasteiger partial charge is 0.0541 e. The van der Waals surface area contributed by atoms with Crippen LogP contribution in [0.25, 0.3) is 60.5 Å². The summed E-state index contributed by atoms with van der Waals surface area (Å²) >= 11 is 0. The molecule has 2 atom stereocenters. The second-order valence-corrected chi connectivity index (χ2v) is 16.6. The van der Waals surface area contributed by atoms with Gasteiger partial charge in [-0.2, -0.15) is 0 Å². The average molecular weight is 745 g/mol. The Hall–Kier alpha value is -6.90. The fraction of sp³-hybridized carbons (Fsp3) is 0.107. The molecule has 11 rings (SSSR count). The minimum Gasteiger partial charge on any atom is -0.310 e. The molecule has 2 aliphatic rings. The van der Waals surface area contributed by atoms with Gasteiger partial charge >= 0.3 is 0 Å². The number of para-hydroxylation sites is 2. The number of nitrogens with zero attached hydrogens (tertiary/aromatic N) is 2.